The molecular weight excluding hydrogens is 340 g/mol. The summed E-state index contributed by atoms with van der Waals surface area (Å²) in [6.45, 7) is 2.00. The highest BCUT2D eigenvalue weighted by Gasteiger charge is 2.36. The molecule has 2 amide bonds. The zero-order valence-corrected chi connectivity index (χ0v) is 14.4. The summed E-state index contributed by atoms with van der Waals surface area (Å²) in [5.41, 5.74) is 1.01. The molecule has 25 heavy (non-hydrogen) atoms. The topological polar surface area (TPSA) is 57.7 Å². The van der Waals surface area contributed by atoms with Crippen molar-refractivity contribution < 1.29 is 14.4 Å². The number of halogens is 1. The van der Waals surface area contributed by atoms with Crippen molar-refractivity contribution in [1.82, 2.24) is 4.90 Å². The van der Waals surface area contributed by atoms with Crippen LogP contribution in [0.3, 0.4) is 0 Å². The van der Waals surface area contributed by atoms with E-state index in [1.807, 2.05) is 6.92 Å². The number of amides is 2. The van der Waals surface area contributed by atoms with E-state index in [-0.39, 0.29) is 18.5 Å². The Kier molecular flexibility index (Phi) is 4.86. The van der Waals surface area contributed by atoms with E-state index in [4.69, 9.17) is 11.6 Å². The second-order valence-electron chi connectivity index (χ2n) is 5.96. The first-order chi connectivity index (χ1) is 12.0. The van der Waals surface area contributed by atoms with Crippen molar-refractivity contribution in [2.24, 2.45) is 0 Å². The molecule has 0 saturated carbocycles. The fourth-order valence-electron chi connectivity index (χ4n) is 2.86. The van der Waals surface area contributed by atoms with Gasteiger partial charge < -0.3 is 9.80 Å². The molecule has 2 aromatic carbocycles. The van der Waals surface area contributed by atoms with E-state index in [1.54, 1.807) is 59.5 Å². The number of carbonyl (C=O) groups is 3. The van der Waals surface area contributed by atoms with Crippen LogP contribution < -0.4 is 4.90 Å². The van der Waals surface area contributed by atoms with Gasteiger partial charge in [0.2, 0.25) is 11.7 Å². The Hall–Kier alpha value is -2.66. The molecule has 3 rings (SSSR count). The molecule has 2 aromatic rings. The van der Waals surface area contributed by atoms with Crippen LogP contribution in [0.5, 0.6) is 0 Å². The third kappa shape index (κ3) is 3.56. The number of hydrogen-bond acceptors (Lipinski definition) is 3. The molecular formula is C19H17ClN2O3. The van der Waals surface area contributed by atoms with Crippen LogP contribution in [0.4, 0.5) is 5.69 Å². The largest absolute Gasteiger partial charge is 0.322 e. The summed E-state index contributed by atoms with van der Waals surface area (Å²) in [4.78, 5) is 40.3. The van der Waals surface area contributed by atoms with Crippen LogP contribution in [-0.2, 0) is 9.59 Å². The van der Waals surface area contributed by atoms with E-state index in [1.165, 1.54) is 4.90 Å². The molecule has 0 aliphatic carbocycles. The molecule has 1 unspecified atom stereocenters. The van der Waals surface area contributed by atoms with Crippen molar-refractivity contribution in [2.45, 2.75) is 13.0 Å². The van der Waals surface area contributed by atoms with Gasteiger partial charge in [0.1, 0.15) is 6.54 Å². The summed E-state index contributed by atoms with van der Waals surface area (Å²) in [6.07, 6.45) is 0. The molecule has 0 aromatic heterocycles. The fourth-order valence-corrected chi connectivity index (χ4v) is 3.04. The van der Waals surface area contributed by atoms with Crippen molar-refractivity contribution >= 4 is 34.9 Å². The second-order valence-corrected chi connectivity index (χ2v) is 6.40. The van der Waals surface area contributed by atoms with Crippen molar-refractivity contribution in [3.8, 4) is 0 Å². The van der Waals surface area contributed by atoms with Crippen LogP contribution in [0.15, 0.2) is 54.6 Å². The molecule has 1 aliphatic heterocycles. The first-order valence-electron chi connectivity index (χ1n) is 7.93. The number of anilines is 1. The lowest BCUT2D eigenvalue weighted by atomic mass is 10.1. The predicted molar refractivity (Wildman–Crippen MR) is 95.8 cm³/mol. The van der Waals surface area contributed by atoms with E-state index >= 15 is 0 Å². The smallest absolute Gasteiger partial charge is 0.295 e. The zero-order chi connectivity index (χ0) is 18.0. The van der Waals surface area contributed by atoms with Crippen molar-refractivity contribution in [3.05, 3.63) is 65.2 Å². The first-order valence-corrected chi connectivity index (χ1v) is 8.31. The highest BCUT2D eigenvalue weighted by atomic mass is 35.5. The van der Waals surface area contributed by atoms with E-state index in [0.717, 1.165) is 0 Å². The van der Waals surface area contributed by atoms with E-state index in [0.29, 0.717) is 22.8 Å². The minimum Gasteiger partial charge on any atom is -0.322 e. The van der Waals surface area contributed by atoms with Crippen molar-refractivity contribution in [2.75, 3.05) is 18.0 Å². The Labute approximate surface area is 150 Å². The van der Waals surface area contributed by atoms with Crippen LogP contribution in [0.1, 0.15) is 17.3 Å². The van der Waals surface area contributed by atoms with Crippen LogP contribution in [0.2, 0.25) is 5.02 Å². The van der Waals surface area contributed by atoms with Crippen LogP contribution in [-0.4, -0.2) is 41.6 Å². The minimum atomic E-state index is -0.655. The SMILES string of the molecule is CC1CN(c2cccc(Cl)c2)C(=O)CN1C(=O)C(=O)c1ccccc1. The Bertz CT molecular complexity index is 822. The van der Waals surface area contributed by atoms with Crippen LogP contribution >= 0.6 is 11.6 Å². The lowest BCUT2D eigenvalue weighted by molar-refractivity contribution is -0.135. The van der Waals surface area contributed by atoms with Gasteiger partial charge in [0.25, 0.3) is 5.91 Å². The number of Topliss-reactive ketones (excluding diaryl/α,β-unsaturated/α-hetero) is 1. The third-order valence-electron chi connectivity index (χ3n) is 4.20. The Morgan fingerprint density at radius 3 is 2.48 bits per heavy atom. The molecule has 1 fully saturated rings. The van der Waals surface area contributed by atoms with Gasteiger partial charge in [-0.1, -0.05) is 48.0 Å². The van der Waals surface area contributed by atoms with Crippen LogP contribution in [0.25, 0.3) is 0 Å². The molecule has 0 radical (unpaired) electrons. The summed E-state index contributed by atoms with van der Waals surface area (Å²) in [5.74, 6) is -1.50. The van der Waals surface area contributed by atoms with E-state index in [9.17, 15) is 14.4 Å². The predicted octanol–water partition coefficient (Wildman–Crippen LogP) is 2.79. The van der Waals surface area contributed by atoms with Gasteiger partial charge in [0, 0.05) is 28.9 Å². The van der Waals surface area contributed by atoms with Gasteiger partial charge in [-0.25, -0.2) is 0 Å². The third-order valence-corrected chi connectivity index (χ3v) is 4.43. The first kappa shape index (κ1) is 17.2. The van der Waals surface area contributed by atoms with Gasteiger partial charge in [-0.3, -0.25) is 14.4 Å². The number of carbonyl (C=O) groups excluding carboxylic acids is 3. The van der Waals surface area contributed by atoms with Gasteiger partial charge in [0.15, 0.2) is 0 Å². The Morgan fingerprint density at radius 1 is 1.08 bits per heavy atom. The van der Waals surface area contributed by atoms with Gasteiger partial charge in [-0.15, -0.1) is 0 Å². The van der Waals surface area contributed by atoms with E-state index < -0.39 is 11.7 Å². The monoisotopic (exact) mass is 356 g/mol. The highest BCUT2D eigenvalue weighted by molar-refractivity contribution is 6.43. The quantitative estimate of drug-likeness (QED) is 0.627. The number of nitrogens with zero attached hydrogens (tertiary/aromatic N) is 2. The summed E-state index contributed by atoms with van der Waals surface area (Å²) >= 11 is 5.99. The highest BCUT2D eigenvalue weighted by Crippen LogP contribution is 2.23. The molecule has 128 valence electrons. The number of benzene rings is 2. The normalized spacial score (nSPS) is 17.5. The lowest BCUT2D eigenvalue weighted by Crippen LogP contribution is -2.58. The maximum Gasteiger partial charge on any atom is 0.295 e. The minimum absolute atomic E-state index is 0.134. The van der Waals surface area contributed by atoms with Gasteiger partial charge in [-0.05, 0) is 25.1 Å². The molecule has 5 nitrogen and oxygen atoms in total. The molecule has 0 spiro atoms. The van der Waals surface area contributed by atoms with E-state index in [2.05, 4.69) is 0 Å². The molecule has 0 N–H and O–H groups in total. The summed E-state index contributed by atoms with van der Waals surface area (Å²) in [7, 11) is 0. The Morgan fingerprint density at radius 2 is 1.80 bits per heavy atom. The maximum absolute atomic E-state index is 12.5. The summed E-state index contributed by atoms with van der Waals surface area (Å²) < 4.78 is 0. The number of hydrogen-bond donors (Lipinski definition) is 0. The molecule has 6 heteroatoms. The Balaban J connectivity index is 1.77. The summed E-state index contributed by atoms with van der Waals surface area (Å²) in [5, 5.41) is 0.538. The van der Waals surface area contributed by atoms with Gasteiger partial charge in [-0.2, -0.15) is 0 Å². The molecule has 0 bridgehead atoms. The number of ketones is 1. The summed E-state index contributed by atoms with van der Waals surface area (Å²) in [6, 6.07) is 15.1. The van der Waals surface area contributed by atoms with Gasteiger partial charge in [0.05, 0.1) is 0 Å². The fraction of sp³-hybridized carbons (Fsp3) is 0.211. The zero-order valence-electron chi connectivity index (χ0n) is 13.7. The number of piperazine rings is 1. The van der Waals surface area contributed by atoms with Crippen molar-refractivity contribution in [3.63, 3.8) is 0 Å². The number of rotatable bonds is 3. The second kappa shape index (κ2) is 7.07. The average Bonchev–Trinajstić information content (AvgIpc) is 2.63. The standard InChI is InChI=1S/C19H17ClN2O3/c1-13-11-22(16-9-5-8-15(20)10-16)17(23)12-21(13)19(25)18(24)14-6-3-2-4-7-14/h2-10,13H,11-12H2,1H3. The molecule has 1 aliphatic rings. The molecule has 1 saturated heterocycles. The van der Waals surface area contributed by atoms with Gasteiger partial charge >= 0.3 is 0 Å². The lowest BCUT2D eigenvalue weighted by Gasteiger charge is -2.39. The molecule has 1 heterocycles. The average molecular weight is 357 g/mol. The van der Waals surface area contributed by atoms with Crippen LogP contribution in [0, 0.1) is 0 Å². The molecule has 1 atom stereocenters. The van der Waals surface area contributed by atoms with Crippen molar-refractivity contribution in [1.29, 1.82) is 0 Å². The maximum atomic E-state index is 12.5.